The van der Waals surface area contributed by atoms with Crippen LogP contribution in [-0.2, 0) is 23.7 Å². The summed E-state index contributed by atoms with van der Waals surface area (Å²) in [6, 6.07) is -0.947. The molecule has 2 aliphatic rings. The molecule has 0 spiro atoms. The predicted molar refractivity (Wildman–Crippen MR) is 346 cm³/mol. The molecule has 0 radical (unpaired) electrons. The average molecular weight is 1200 g/mol. The lowest BCUT2D eigenvalue weighted by atomic mass is 9.97. The molecule has 12 unspecified atom stereocenters. The maximum Gasteiger partial charge on any atom is 0.220 e. The van der Waals surface area contributed by atoms with Gasteiger partial charge in [-0.25, -0.2) is 0 Å². The third-order valence-corrected chi connectivity index (χ3v) is 16.3. The van der Waals surface area contributed by atoms with Gasteiger partial charge >= 0.3 is 0 Å². The summed E-state index contributed by atoms with van der Waals surface area (Å²) in [4.78, 5) is 13.3. The highest BCUT2D eigenvalue weighted by Crippen LogP contribution is 2.30. The molecule has 9 N–H and O–H groups in total. The first-order valence-electron chi connectivity index (χ1n) is 34.3. The zero-order chi connectivity index (χ0) is 61.6. The van der Waals surface area contributed by atoms with Gasteiger partial charge in [0.1, 0.15) is 48.8 Å². The molecule has 14 nitrogen and oxygen atoms in total. The van der Waals surface area contributed by atoms with E-state index in [1.54, 1.807) is 6.08 Å². The molecule has 2 aliphatic heterocycles. The second-order valence-corrected chi connectivity index (χ2v) is 23.9. The second-order valence-electron chi connectivity index (χ2n) is 23.9. The number of ether oxygens (including phenoxy) is 4. The molecule has 0 aromatic rings. The Morgan fingerprint density at radius 3 is 1.29 bits per heavy atom. The topological polar surface area (TPSA) is 228 Å². The molecule has 14 heteroatoms. The fourth-order valence-corrected chi connectivity index (χ4v) is 10.8. The van der Waals surface area contributed by atoms with Crippen LogP contribution in [-0.4, -0.2) is 140 Å². The minimum Gasteiger partial charge on any atom is -0.394 e. The van der Waals surface area contributed by atoms with Crippen LogP contribution in [0.4, 0.5) is 0 Å². The van der Waals surface area contributed by atoms with Crippen LogP contribution in [0.15, 0.2) is 85.1 Å². The number of aliphatic hydroxyl groups excluding tert-OH is 8. The maximum absolute atomic E-state index is 13.3. The Kier molecular flexibility index (Phi) is 50.9. The van der Waals surface area contributed by atoms with Gasteiger partial charge in [0.25, 0.3) is 0 Å². The SMILES string of the molecule is CC/C=C\C/C=C\C/C=C\C/C=C\CCCCCCCCCCCCC(=O)NC(COC1OC(CO)C(OC2OC(CO)C(O)C(O)C2O)C(O)C1O)C(O)/C=C/CC/C=C/CC/C=C/CCCCCCCCCCCCCCCCCCCC. The number of aliphatic hydroxyl groups is 8. The molecule has 2 fully saturated rings. The number of amides is 1. The second kappa shape index (κ2) is 55.3. The molecule has 0 aromatic carbocycles. The Labute approximate surface area is 516 Å². The number of hydrogen-bond acceptors (Lipinski definition) is 13. The predicted octanol–water partition coefficient (Wildman–Crippen LogP) is 13.6. The third kappa shape index (κ3) is 39.7. The van der Waals surface area contributed by atoms with Crippen molar-refractivity contribution in [1.29, 1.82) is 0 Å². The van der Waals surface area contributed by atoms with Gasteiger partial charge in [-0.1, -0.05) is 259 Å². The van der Waals surface area contributed by atoms with Gasteiger partial charge in [0.15, 0.2) is 12.6 Å². The monoisotopic (exact) mass is 1200 g/mol. The third-order valence-electron chi connectivity index (χ3n) is 16.3. The van der Waals surface area contributed by atoms with Gasteiger partial charge in [0.05, 0.1) is 32.0 Å². The van der Waals surface area contributed by atoms with Crippen molar-refractivity contribution < 1.29 is 64.6 Å². The highest BCUT2D eigenvalue weighted by molar-refractivity contribution is 5.76. The lowest BCUT2D eigenvalue weighted by molar-refractivity contribution is -0.359. The van der Waals surface area contributed by atoms with Crippen molar-refractivity contribution in [2.24, 2.45) is 0 Å². The van der Waals surface area contributed by atoms with E-state index in [0.717, 1.165) is 77.0 Å². The van der Waals surface area contributed by atoms with Gasteiger partial charge in [-0.15, -0.1) is 0 Å². The number of unbranched alkanes of at least 4 members (excludes halogenated alkanes) is 30. The van der Waals surface area contributed by atoms with Crippen LogP contribution >= 0.6 is 0 Å². The van der Waals surface area contributed by atoms with Crippen LogP contribution in [0.3, 0.4) is 0 Å². The van der Waals surface area contributed by atoms with Crippen molar-refractivity contribution in [3.63, 3.8) is 0 Å². The quantitative estimate of drug-likeness (QED) is 0.0204. The van der Waals surface area contributed by atoms with Gasteiger partial charge in [0, 0.05) is 6.42 Å². The largest absolute Gasteiger partial charge is 0.394 e. The van der Waals surface area contributed by atoms with E-state index >= 15 is 0 Å². The number of hydrogen-bond donors (Lipinski definition) is 9. The zero-order valence-electron chi connectivity index (χ0n) is 53.3. The maximum atomic E-state index is 13.3. The van der Waals surface area contributed by atoms with Crippen LogP contribution in [0.5, 0.6) is 0 Å². The van der Waals surface area contributed by atoms with Gasteiger partial charge in [-0.3, -0.25) is 4.79 Å². The number of allylic oxidation sites excluding steroid dienone is 13. The average Bonchev–Trinajstić information content (AvgIpc) is 3.68. The first-order valence-corrected chi connectivity index (χ1v) is 34.3. The van der Waals surface area contributed by atoms with Crippen LogP contribution in [0, 0.1) is 0 Å². The van der Waals surface area contributed by atoms with Crippen LogP contribution in [0.2, 0.25) is 0 Å². The molecule has 0 bridgehead atoms. The standard InChI is InChI=1S/C71H125NO13/c1-3-5-7-9-11-13-15-17-19-21-23-25-27-28-29-30-31-33-34-36-38-40-42-44-46-48-50-52-54-60(75)59(58-82-70-68(81)66(79)69(62(57-74)84-70)85-71-67(80)65(78)64(77)61(56-73)83-71)72-63(76)55-53-51-49-47-45-43-41-39-37-35-32-26-24-22-20-18-16-14-12-10-8-6-4-2/h6,8,12,14,18,20,24,26,36,38,44,46,52,54,59-62,64-71,73-75,77-81H,3-5,7,9-11,13,15-17,19,21-23,25,27-35,37,39-43,45,47-51,53,55-58H2,1-2H3,(H,72,76)/b8-6-,14-12-,20-18-,26-24-,38-36+,46-44+,54-52+. The zero-order valence-corrected chi connectivity index (χ0v) is 53.3. The molecule has 2 heterocycles. The van der Waals surface area contributed by atoms with E-state index in [2.05, 4.69) is 92.1 Å². The molecule has 0 aliphatic carbocycles. The van der Waals surface area contributed by atoms with E-state index in [1.807, 2.05) is 6.08 Å². The summed E-state index contributed by atoms with van der Waals surface area (Å²) >= 11 is 0. The van der Waals surface area contributed by atoms with Gasteiger partial charge in [-0.05, 0) is 83.5 Å². The highest BCUT2D eigenvalue weighted by Gasteiger charge is 2.51. The van der Waals surface area contributed by atoms with Crippen molar-refractivity contribution in [2.45, 2.75) is 338 Å². The summed E-state index contributed by atoms with van der Waals surface area (Å²) in [5.41, 5.74) is 0. The van der Waals surface area contributed by atoms with Crippen molar-refractivity contribution in [3.05, 3.63) is 85.1 Å². The molecule has 1 amide bonds. The molecule has 0 saturated carbocycles. The molecule has 2 saturated heterocycles. The lowest BCUT2D eigenvalue weighted by Gasteiger charge is -2.46. The number of carbonyl (C=O) groups excluding carboxylic acids is 1. The molecule has 85 heavy (non-hydrogen) atoms. The molecule has 2 rings (SSSR count). The molecule has 492 valence electrons. The minimum atomic E-state index is -1.80. The fourth-order valence-electron chi connectivity index (χ4n) is 10.8. The lowest BCUT2D eigenvalue weighted by Crippen LogP contribution is -2.65. The van der Waals surface area contributed by atoms with Crippen molar-refractivity contribution in [2.75, 3.05) is 19.8 Å². The van der Waals surface area contributed by atoms with Crippen molar-refractivity contribution in [1.82, 2.24) is 5.32 Å². The van der Waals surface area contributed by atoms with E-state index in [4.69, 9.17) is 18.9 Å². The summed E-state index contributed by atoms with van der Waals surface area (Å²) < 4.78 is 22.8. The Balaban J connectivity index is 1.73. The molecular formula is C71H125NO13. The number of rotatable bonds is 55. The highest BCUT2D eigenvalue weighted by atomic mass is 16.7. The smallest absolute Gasteiger partial charge is 0.220 e. The molecular weight excluding hydrogens is 1070 g/mol. The van der Waals surface area contributed by atoms with E-state index in [1.165, 1.54) is 154 Å². The van der Waals surface area contributed by atoms with Gasteiger partial charge in [0.2, 0.25) is 5.91 Å². The van der Waals surface area contributed by atoms with Crippen molar-refractivity contribution in [3.8, 4) is 0 Å². The Morgan fingerprint density at radius 2 is 0.824 bits per heavy atom. The Morgan fingerprint density at radius 1 is 0.435 bits per heavy atom. The Bertz CT molecular complexity index is 1750. The summed E-state index contributed by atoms with van der Waals surface area (Å²) in [5.74, 6) is -0.259. The number of nitrogens with one attached hydrogen (secondary N) is 1. The van der Waals surface area contributed by atoms with E-state index in [-0.39, 0.29) is 18.9 Å². The van der Waals surface area contributed by atoms with Crippen LogP contribution < -0.4 is 5.32 Å². The Hall–Kier alpha value is -2.83. The normalized spacial score (nSPS) is 24.1. The summed E-state index contributed by atoms with van der Waals surface area (Å²) in [7, 11) is 0. The first kappa shape index (κ1) is 78.3. The first-order chi connectivity index (χ1) is 41.6. The summed E-state index contributed by atoms with van der Waals surface area (Å²) in [6.07, 6.45) is 59.2. The summed E-state index contributed by atoms with van der Waals surface area (Å²) in [6.45, 7) is 2.68. The minimum absolute atomic E-state index is 0.259. The summed E-state index contributed by atoms with van der Waals surface area (Å²) in [5, 5.41) is 87.4. The molecule has 12 atom stereocenters. The van der Waals surface area contributed by atoms with Crippen LogP contribution in [0.1, 0.15) is 264 Å². The van der Waals surface area contributed by atoms with Crippen LogP contribution in [0.25, 0.3) is 0 Å². The fraction of sp³-hybridized carbons (Fsp3) is 0.789. The van der Waals surface area contributed by atoms with Crippen molar-refractivity contribution >= 4 is 5.91 Å². The number of carbonyl (C=O) groups is 1. The van der Waals surface area contributed by atoms with E-state index in [9.17, 15) is 45.6 Å². The molecule has 0 aromatic heterocycles. The van der Waals surface area contributed by atoms with E-state index in [0.29, 0.717) is 12.8 Å². The van der Waals surface area contributed by atoms with Gasteiger partial charge in [-0.2, -0.15) is 0 Å². The van der Waals surface area contributed by atoms with Gasteiger partial charge < -0.3 is 65.1 Å². The van der Waals surface area contributed by atoms with E-state index < -0.39 is 86.8 Å².